The number of nitrogens with two attached hydrogens (primary N) is 1. The minimum absolute atomic E-state index is 0.000225. The maximum Gasteiger partial charge on any atom is 0.251 e. The number of amides is 2. The average Bonchev–Trinajstić information content (AvgIpc) is 3.26. The Balaban J connectivity index is 1.88. The summed E-state index contributed by atoms with van der Waals surface area (Å²) in [5, 5.41) is 23.0. The average molecular weight is 464 g/mol. The molecular weight excluding hydrogens is 434 g/mol. The fraction of sp³-hybridized carbons (Fsp3) is 0.240. The Morgan fingerprint density at radius 3 is 2.15 bits per heavy atom. The van der Waals surface area contributed by atoms with Crippen LogP contribution in [0.1, 0.15) is 16.8 Å². The molecule has 178 valence electrons. The molecule has 0 saturated heterocycles. The Hall–Kier alpha value is -3.95. The van der Waals surface area contributed by atoms with Gasteiger partial charge >= 0.3 is 0 Å². The number of benzene rings is 2. The number of nitrogens with one attached hydrogen (secondary N) is 2. The Morgan fingerprint density at radius 2 is 1.53 bits per heavy atom. The Morgan fingerprint density at radius 1 is 0.882 bits per heavy atom. The lowest BCUT2D eigenvalue weighted by Gasteiger charge is -2.14. The number of guanidine groups is 1. The summed E-state index contributed by atoms with van der Waals surface area (Å²) in [6.07, 6.45) is 0.463. The molecule has 34 heavy (non-hydrogen) atoms. The molecule has 3 rings (SSSR count). The van der Waals surface area contributed by atoms with Crippen LogP contribution in [0.25, 0.3) is 22.5 Å². The number of aliphatic hydroxyl groups excluding tert-OH is 2. The zero-order chi connectivity index (χ0) is 24.3. The molecule has 0 atom stereocenters. The van der Waals surface area contributed by atoms with Crippen LogP contribution in [0, 0.1) is 0 Å². The van der Waals surface area contributed by atoms with Gasteiger partial charge in [0, 0.05) is 36.6 Å². The number of hydrogen-bond donors (Lipinski definition) is 5. The van der Waals surface area contributed by atoms with Gasteiger partial charge in [0.1, 0.15) is 6.54 Å². The van der Waals surface area contributed by atoms with E-state index in [0.29, 0.717) is 18.5 Å². The van der Waals surface area contributed by atoms with Gasteiger partial charge in [-0.15, -0.1) is 0 Å². The van der Waals surface area contributed by atoms with Gasteiger partial charge < -0.3 is 25.8 Å². The monoisotopic (exact) mass is 463 g/mol. The Labute approximate surface area is 197 Å². The van der Waals surface area contributed by atoms with Crippen LogP contribution in [0.15, 0.2) is 71.7 Å². The van der Waals surface area contributed by atoms with Crippen molar-refractivity contribution in [2.75, 3.05) is 26.3 Å². The Kier molecular flexibility index (Phi) is 8.96. The highest BCUT2D eigenvalue weighted by molar-refractivity contribution is 5.96. The molecule has 0 fully saturated rings. The molecule has 3 aromatic rings. The van der Waals surface area contributed by atoms with E-state index in [-0.39, 0.29) is 44.1 Å². The van der Waals surface area contributed by atoms with Crippen LogP contribution < -0.4 is 16.4 Å². The maximum absolute atomic E-state index is 12.7. The normalized spacial score (nSPS) is 11.3. The number of aliphatic hydroxyl groups is 2. The summed E-state index contributed by atoms with van der Waals surface area (Å²) in [5.74, 6) is -0.595. The summed E-state index contributed by atoms with van der Waals surface area (Å²) in [6.45, 7) is 0.385. The summed E-state index contributed by atoms with van der Waals surface area (Å²) in [4.78, 5) is 28.9. The lowest BCUT2D eigenvalue weighted by atomic mass is 10.1. The van der Waals surface area contributed by atoms with Gasteiger partial charge in [0.25, 0.3) is 5.91 Å². The minimum Gasteiger partial charge on any atom is -0.396 e. The van der Waals surface area contributed by atoms with E-state index in [1.807, 2.05) is 59.2 Å². The molecule has 9 nitrogen and oxygen atoms in total. The van der Waals surface area contributed by atoms with Crippen molar-refractivity contribution in [1.82, 2.24) is 15.2 Å². The SMILES string of the molecule is NC(=NCCCO)NC(=O)Cn1c(-c2ccccc2)ccc1-c1ccc(C(=O)NCCO)cc1. The number of carbonyl (C=O) groups is 2. The molecule has 0 aliphatic heterocycles. The van der Waals surface area contributed by atoms with Crippen molar-refractivity contribution in [3.63, 3.8) is 0 Å². The zero-order valence-corrected chi connectivity index (χ0v) is 18.8. The van der Waals surface area contributed by atoms with Crippen LogP contribution in [-0.4, -0.2) is 58.9 Å². The van der Waals surface area contributed by atoms with Crippen LogP contribution >= 0.6 is 0 Å². The van der Waals surface area contributed by atoms with Gasteiger partial charge in [0.15, 0.2) is 5.96 Å². The van der Waals surface area contributed by atoms with Crippen molar-refractivity contribution >= 4 is 17.8 Å². The third-order valence-corrected chi connectivity index (χ3v) is 5.06. The van der Waals surface area contributed by atoms with Crippen LogP contribution in [0.2, 0.25) is 0 Å². The van der Waals surface area contributed by atoms with E-state index < -0.39 is 0 Å². The molecule has 0 aliphatic rings. The third kappa shape index (κ3) is 6.53. The van der Waals surface area contributed by atoms with Crippen molar-refractivity contribution < 1.29 is 19.8 Å². The fourth-order valence-corrected chi connectivity index (χ4v) is 3.45. The minimum atomic E-state index is -0.333. The van der Waals surface area contributed by atoms with Crippen LogP contribution in [-0.2, 0) is 11.3 Å². The van der Waals surface area contributed by atoms with Gasteiger partial charge in [-0.05, 0) is 41.8 Å². The standard InChI is InChI=1S/C25H29N5O4/c26-25(28-13-4-15-31)29-23(33)17-30-21(18-5-2-1-3-6-18)11-12-22(30)19-7-9-20(10-8-19)24(34)27-14-16-32/h1-3,5-12,31-32H,4,13-17H2,(H,27,34)(H3,26,28,29,33). The fourth-order valence-electron chi connectivity index (χ4n) is 3.45. The second kappa shape index (κ2) is 12.3. The molecule has 0 bridgehead atoms. The molecule has 2 aromatic carbocycles. The van der Waals surface area contributed by atoms with Gasteiger partial charge in [-0.1, -0.05) is 42.5 Å². The number of rotatable bonds is 10. The highest BCUT2D eigenvalue weighted by Crippen LogP contribution is 2.29. The summed E-state index contributed by atoms with van der Waals surface area (Å²) >= 11 is 0. The molecule has 2 amide bonds. The predicted molar refractivity (Wildman–Crippen MR) is 131 cm³/mol. The Bertz CT molecular complexity index is 1120. The van der Waals surface area contributed by atoms with Crippen LogP contribution in [0.4, 0.5) is 0 Å². The van der Waals surface area contributed by atoms with E-state index in [2.05, 4.69) is 15.6 Å². The van der Waals surface area contributed by atoms with E-state index in [1.54, 1.807) is 12.1 Å². The van der Waals surface area contributed by atoms with Crippen LogP contribution in [0.5, 0.6) is 0 Å². The number of nitrogens with zero attached hydrogens (tertiary/aromatic N) is 2. The van der Waals surface area contributed by atoms with Gasteiger partial charge in [-0.2, -0.15) is 0 Å². The van der Waals surface area contributed by atoms with E-state index in [9.17, 15) is 9.59 Å². The van der Waals surface area contributed by atoms with E-state index in [4.69, 9.17) is 15.9 Å². The quantitative estimate of drug-likeness (QED) is 0.175. The van der Waals surface area contributed by atoms with Gasteiger partial charge in [0.05, 0.1) is 6.61 Å². The first-order valence-electron chi connectivity index (χ1n) is 11.0. The molecule has 6 N–H and O–H groups in total. The zero-order valence-electron chi connectivity index (χ0n) is 18.8. The first-order valence-corrected chi connectivity index (χ1v) is 11.0. The molecule has 0 unspecified atom stereocenters. The summed E-state index contributed by atoms with van der Waals surface area (Å²) < 4.78 is 1.88. The second-order valence-electron chi connectivity index (χ2n) is 7.51. The predicted octanol–water partition coefficient (Wildman–Crippen LogP) is 1.36. The molecule has 1 heterocycles. The number of aromatic nitrogens is 1. The van der Waals surface area contributed by atoms with Crippen molar-refractivity contribution in [3.05, 3.63) is 72.3 Å². The lowest BCUT2D eigenvalue weighted by molar-refractivity contribution is -0.120. The summed E-state index contributed by atoms with van der Waals surface area (Å²) in [5.41, 5.74) is 9.70. The third-order valence-electron chi connectivity index (χ3n) is 5.06. The van der Waals surface area contributed by atoms with E-state index in [1.165, 1.54) is 0 Å². The van der Waals surface area contributed by atoms with Crippen molar-refractivity contribution in [2.45, 2.75) is 13.0 Å². The van der Waals surface area contributed by atoms with Crippen molar-refractivity contribution in [2.24, 2.45) is 10.7 Å². The van der Waals surface area contributed by atoms with Gasteiger partial charge in [0.2, 0.25) is 5.91 Å². The van der Waals surface area contributed by atoms with E-state index in [0.717, 1.165) is 22.5 Å². The molecule has 0 saturated carbocycles. The molecule has 0 radical (unpaired) electrons. The number of aliphatic imine (C=N–C) groups is 1. The van der Waals surface area contributed by atoms with Crippen LogP contribution in [0.3, 0.4) is 0 Å². The molecule has 9 heteroatoms. The largest absolute Gasteiger partial charge is 0.396 e. The smallest absolute Gasteiger partial charge is 0.251 e. The van der Waals surface area contributed by atoms with Crippen molar-refractivity contribution in [3.8, 4) is 22.5 Å². The first-order chi connectivity index (χ1) is 16.5. The molecule has 1 aromatic heterocycles. The van der Waals surface area contributed by atoms with E-state index >= 15 is 0 Å². The first kappa shape index (κ1) is 24.7. The number of hydrogen-bond acceptors (Lipinski definition) is 5. The molecular formula is C25H29N5O4. The second-order valence-corrected chi connectivity index (χ2v) is 7.51. The van der Waals surface area contributed by atoms with Gasteiger partial charge in [-0.25, -0.2) is 0 Å². The maximum atomic E-state index is 12.7. The van der Waals surface area contributed by atoms with Gasteiger partial charge in [-0.3, -0.25) is 19.9 Å². The highest BCUT2D eigenvalue weighted by atomic mass is 16.3. The number of carbonyl (C=O) groups excluding carboxylic acids is 2. The summed E-state index contributed by atoms with van der Waals surface area (Å²) in [6, 6.07) is 20.6. The lowest BCUT2D eigenvalue weighted by Crippen LogP contribution is -2.39. The summed E-state index contributed by atoms with van der Waals surface area (Å²) in [7, 11) is 0. The topological polar surface area (TPSA) is 142 Å². The molecule has 0 aliphatic carbocycles. The highest BCUT2D eigenvalue weighted by Gasteiger charge is 2.16. The molecule has 0 spiro atoms. The van der Waals surface area contributed by atoms with Crippen molar-refractivity contribution in [1.29, 1.82) is 0 Å².